The number of nitrogens with zero attached hydrogens (tertiary/aromatic N) is 1. The van der Waals surface area contributed by atoms with Crippen molar-refractivity contribution in [1.29, 1.82) is 0 Å². The van der Waals surface area contributed by atoms with Crippen LogP contribution < -0.4 is 5.32 Å². The molecule has 1 N–H and O–H groups in total. The van der Waals surface area contributed by atoms with Gasteiger partial charge in [-0.2, -0.15) is 0 Å². The normalized spacial score (nSPS) is 21.2. The number of hydrogen-bond acceptors (Lipinski definition) is 4. The lowest BCUT2D eigenvalue weighted by molar-refractivity contribution is 0.179. The Labute approximate surface area is 129 Å². The van der Waals surface area contributed by atoms with Crippen molar-refractivity contribution in [3.63, 3.8) is 0 Å². The van der Waals surface area contributed by atoms with Crippen molar-refractivity contribution in [1.82, 2.24) is 5.16 Å². The molecule has 22 heavy (non-hydrogen) atoms. The SMILES string of the molecule is CCc1c(C)noc1NC[C@@]1(c2ccc(F)cc2)CCOC1. The lowest BCUT2D eigenvalue weighted by Crippen LogP contribution is -2.35. The van der Waals surface area contributed by atoms with Gasteiger partial charge in [-0.3, -0.25) is 0 Å². The maximum atomic E-state index is 13.2. The third kappa shape index (κ3) is 2.73. The van der Waals surface area contributed by atoms with Crippen molar-refractivity contribution in [3.8, 4) is 0 Å². The molecule has 5 heteroatoms. The van der Waals surface area contributed by atoms with Crippen LogP contribution in [0.25, 0.3) is 0 Å². The number of anilines is 1. The van der Waals surface area contributed by atoms with Crippen LogP contribution in [0, 0.1) is 12.7 Å². The highest BCUT2D eigenvalue weighted by molar-refractivity contribution is 5.44. The van der Waals surface area contributed by atoms with Crippen molar-refractivity contribution in [2.45, 2.75) is 32.1 Å². The number of nitrogens with one attached hydrogen (secondary N) is 1. The molecule has 1 fully saturated rings. The smallest absolute Gasteiger partial charge is 0.228 e. The lowest BCUT2D eigenvalue weighted by atomic mass is 9.79. The number of halogens is 1. The van der Waals surface area contributed by atoms with E-state index in [-0.39, 0.29) is 11.2 Å². The highest BCUT2D eigenvalue weighted by atomic mass is 19.1. The summed E-state index contributed by atoms with van der Waals surface area (Å²) >= 11 is 0. The van der Waals surface area contributed by atoms with E-state index in [0.29, 0.717) is 13.2 Å². The van der Waals surface area contributed by atoms with E-state index in [1.54, 1.807) is 0 Å². The third-order valence-electron chi connectivity index (χ3n) is 4.49. The van der Waals surface area contributed by atoms with E-state index in [9.17, 15) is 4.39 Å². The predicted octanol–water partition coefficient (Wildman–Crippen LogP) is 3.45. The minimum atomic E-state index is -0.218. The molecule has 0 unspecified atom stereocenters. The zero-order valence-electron chi connectivity index (χ0n) is 13.0. The number of hydrogen-bond donors (Lipinski definition) is 1. The van der Waals surface area contributed by atoms with Crippen LogP contribution in [0.3, 0.4) is 0 Å². The van der Waals surface area contributed by atoms with E-state index >= 15 is 0 Å². The molecule has 1 aliphatic heterocycles. The first-order valence-corrected chi connectivity index (χ1v) is 7.67. The third-order valence-corrected chi connectivity index (χ3v) is 4.49. The van der Waals surface area contributed by atoms with Crippen molar-refractivity contribution in [2.75, 3.05) is 25.1 Å². The molecule has 0 saturated carbocycles. The average Bonchev–Trinajstić information content (AvgIpc) is 3.13. The molecule has 118 valence electrons. The van der Waals surface area contributed by atoms with Crippen LogP contribution >= 0.6 is 0 Å². The van der Waals surface area contributed by atoms with E-state index in [1.807, 2.05) is 19.1 Å². The zero-order valence-corrected chi connectivity index (χ0v) is 13.0. The van der Waals surface area contributed by atoms with Gasteiger partial charge < -0.3 is 14.6 Å². The van der Waals surface area contributed by atoms with Crippen LogP contribution in [-0.4, -0.2) is 24.9 Å². The fourth-order valence-corrected chi connectivity index (χ4v) is 3.07. The van der Waals surface area contributed by atoms with Crippen LogP contribution in [-0.2, 0) is 16.6 Å². The Hall–Kier alpha value is -1.88. The summed E-state index contributed by atoms with van der Waals surface area (Å²) in [4.78, 5) is 0. The predicted molar refractivity (Wildman–Crippen MR) is 82.6 cm³/mol. The first-order chi connectivity index (χ1) is 10.6. The molecule has 1 saturated heterocycles. The number of aryl methyl sites for hydroxylation is 1. The largest absolute Gasteiger partial charge is 0.380 e. The molecule has 1 atom stereocenters. The Morgan fingerprint density at radius 2 is 2.09 bits per heavy atom. The maximum absolute atomic E-state index is 13.2. The van der Waals surface area contributed by atoms with E-state index in [1.165, 1.54) is 12.1 Å². The molecule has 2 heterocycles. The molecule has 1 aliphatic rings. The molecule has 0 aliphatic carbocycles. The summed E-state index contributed by atoms with van der Waals surface area (Å²) in [7, 11) is 0. The van der Waals surface area contributed by atoms with Crippen molar-refractivity contribution in [3.05, 3.63) is 46.9 Å². The van der Waals surface area contributed by atoms with E-state index in [0.717, 1.165) is 42.2 Å². The van der Waals surface area contributed by atoms with Gasteiger partial charge in [0.2, 0.25) is 5.88 Å². The highest BCUT2D eigenvalue weighted by Gasteiger charge is 2.37. The van der Waals surface area contributed by atoms with E-state index in [2.05, 4.69) is 17.4 Å². The van der Waals surface area contributed by atoms with Gasteiger partial charge in [-0.1, -0.05) is 24.2 Å². The molecular formula is C17H21FN2O2. The number of benzene rings is 1. The molecule has 1 aromatic carbocycles. The second kappa shape index (κ2) is 6.08. The van der Waals surface area contributed by atoms with Crippen LogP contribution in [0.1, 0.15) is 30.2 Å². The molecule has 1 aromatic heterocycles. The number of aromatic nitrogens is 1. The minimum absolute atomic E-state index is 0.153. The fraction of sp³-hybridized carbons (Fsp3) is 0.471. The van der Waals surface area contributed by atoms with Crippen molar-refractivity contribution < 1.29 is 13.7 Å². The highest BCUT2D eigenvalue weighted by Crippen LogP contribution is 2.34. The molecule has 0 amide bonds. The van der Waals surface area contributed by atoms with Gasteiger partial charge in [0.05, 0.1) is 12.3 Å². The van der Waals surface area contributed by atoms with Gasteiger partial charge in [0.15, 0.2) is 0 Å². The molecule has 4 nitrogen and oxygen atoms in total. The first-order valence-electron chi connectivity index (χ1n) is 7.67. The quantitative estimate of drug-likeness (QED) is 0.919. The summed E-state index contributed by atoms with van der Waals surface area (Å²) in [6, 6.07) is 6.70. The molecule has 0 radical (unpaired) electrons. The molecule has 2 aromatic rings. The molecular weight excluding hydrogens is 283 g/mol. The van der Waals surface area contributed by atoms with Gasteiger partial charge in [0.25, 0.3) is 0 Å². The van der Waals surface area contributed by atoms with Crippen molar-refractivity contribution in [2.24, 2.45) is 0 Å². The maximum Gasteiger partial charge on any atom is 0.228 e. The summed E-state index contributed by atoms with van der Waals surface area (Å²) in [5.74, 6) is 0.512. The van der Waals surface area contributed by atoms with Crippen LogP contribution in [0.5, 0.6) is 0 Å². The topological polar surface area (TPSA) is 47.3 Å². The van der Waals surface area contributed by atoms with Gasteiger partial charge >= 0.3 is 0 Å². The Morgan fingerprint density at radius 3 is 2.73 bits per heavy atom. The van der Waals surface area contributed by atoms with E-state index < -0.39 is 0 Å². The second-order valence-corrected chi connectivity index (χ2v) is 5.87. The Morgan fingerprint density at radius 1 is 1.32 bits per heavy atom. The van der Waals surface area contributed by atoms with Gasteiger partial charge in [-0.25, -0.2) is 4.39 Å². The fourth-order valence-electron chi connectivity index (χ4n) is 3.07. The molecule has 3 rings (SSSR count). The number of rotatable bonds is 5. The summed E-state index contributed by atoms with van der Waals surface area (Å²) in [5.41, 5.74) is 2.96. The van der Waals surface area contributed by atoms with Crippen LogP contribution in [0.2, 0.25) is 0 Å². The first kappa shape index (κ1) is 15.0. The monoisotopic (exact) mass is 304 g/mol. The van der Waals surface area contributed by atoms with Gasteiger partial charge in [-0.15, -0.1) is 0 Å². The molecule has 0 spiro atoms. The summed E-state index contributed by atoms with van der Waals surface area (Å²) in [6.07, 6.45) is 1.78. The van der Waals surface area contributed by atoms with Crippen molar-refractivity contribution >= 4 is 5.88 Å². The summed E-state index contributed by atoms with van der Waals surface area (Å²) in [5, 5.41) is 7.40. The lowest BCUT2D eigenvalue weighted by Gasteiger charge is -2.28. The second-order valence-electron chi connectivity index (χ2n) is 5.87. The average molecular weight is 304 g/mol. The molecule has 0 bridgehead atoms. The summed E-state index contributed by atoms with van der Waals surface area (Å²) in [6.45, 7) is 6.05. The van der Waals surface area contributed by atoms with Gasteiger partial charge in [-0.05, 0) is 37.5 Å². The Balaban J connectivity index is 1.81. The minimum Gasteiger partial charge on any atom is -0.380 e. The standard InChI is InChI=1S/C17H21FN2O2/c1-3-15-12(2)20-22-16(15)19-10-17(8-9-21-11-17)13-4-6-14(18)7-5-13/h4-7,19H,3,8-11H2,1-2H3/t17-/m0/s1. The Kier molecular flexibility index (Phi) is 4.16. The number of ether oxygens (including phenoxy) is 1. The van der Waals surface area contributed by atoms with E-state index in [4.69, 9.17) is 9.26 Å². The summed E-state index contributed by atoms with van der Waals surface area (Å²) < 4.78 is 24.2. The van der Waals surface area contributed by atoms with Crippen LogP contribution in [0.15, 0.2) is 28.8 Å². The zero-order chi connectivity index (χ0) is 15.6. The van der Waals surface area contributed by atoms with Crippen LogP contribution in [0.4, 0.5) is 10.3 Å². The Bertz CT molecular complexity index is 631. The van der Waals surface area contributed by atoms with Gasteiger partial charge in [0, 0.05) is 24.1 Å². The van der Waals surface area contributed by atoms with Gasteiger partial charge in [0.1, 0.15) is 5.82 Å².